The Balaban J connectivity index is 2.03. The second-order valence-corrected chi connectivity index (χ2v) is 6.13. The lowest BCUT2D eigenvalue weighted by Gasteiger charge is -2.34. The summed E-state index contributed by atoms with van der Waals surface area (Å²) in [6.45, 7) is 4.80. The van der Waals surface area contributed by atoms with Crippen molar-refractivity contribution in [1.82, 2.24) is 0 Å². The molecule has 1 aliphatic heterocycles. The lowest BCUT2D eigenvalue weighted by Crippen LogP contribution is -2.35. The molecule has 0 amide bonds. The minimum Gasteiger partial charge on any atom is -0.389 e. The van der Waals surface area contributed by atoms with E-state index in [1.54, 1.807) is 14.0 Å². The number of hydrogen-bond acceptors (Lipinski definition) is 3. The van der Waals surface area contributed by atoms with E-state index in [0.717, 1.165) is 29.7 Å². The molecular formula is C15H22BrNO2. The third kappa shape index (κ3) is 3.71. The normalized spacial score (nSPS) is 18.6. The van der Waals surface area contributed by atoms with Crippen molar-refractivity contribution >= 4 is 21.6 Å². The Morgan fingerprint density at radius 1 is 1.42 bits per heavy atom. The van der Waals surface area contributed by atoms with Gasteiger partial charge in [0.1, 0.15) is 0 Å². The maximum atomic E-state index is 9.59. The molecule has 1 fully saturated rings. The minimum absolute atomic E-state index is 0.419. The van der Waals surface area contributed by atoms with Gasteiger partial charge in [0, 0.05) is 31.3 Å². The first-order valence-electron chi connectivity index (χ1n) is 6.83. The molecule has 0 aliphatic carbocycles. The summed E-state index contributed by atoms with van der Waals surface area (Å²) >= 11 is 3.62. The Hall–Kier alpha value is -0.580. The molecule has 19 heavy (non-hydrogen) atoms. The van der Waals surface area contributed by atoms with Crippen molar-refractivity contribution in [2.45, 2.75) is 25.9 Å². The van der Waals surface area contributed by atoms with Gasteiger partial charge in [-0.25, -0.2) is 0 Å². The van der Waals surface area contributed by atoms with E-state index < -0.39 is 6.10 Å². The number of nitrogens with zero attached hydrogens (tertiary/aromatic N) is 1. The molecule has 1 aliphatic rings. The van der Waals surface area contributed by atoms with Gasteiger partial charge in [-0.1, -0.05) is 6.07 Å². The molecule has 0 bridgehead atoms. The minimum atomic E-state index is -0.419. The second kappa shape index (κ2) is 6.73. The van der Waals surface area contributed by atoms with Crippen molar-refractivity contribution in [2.75, 3.05) is 31.7 Å². The Labute approximate surface area is 123 Å². The number of rotatable bonds is 4. The van der Waals surface area contributed by atoms with E-state index in [2.05, 4.69) is 26.9 Å². The van der Waals surface area contributed by atoms with Gasteiger partial charge >= 0.3 is 0 Å². The number of aliphatic hydroxyl groups is 1. The van der Waals surface area contributed by atoms with Crippen LogP contribution in [-0.4, -0.2) is 31.9 Å². The topological polar surface area (TPSA) is 32.7 Å². The Morgan fingerprint density at radius 2 is 2.11 bits per heavy atom. The second-order valence-electron chi connectivity index (χ2n) is 5.27. The molecule has 0 spiro atoms. The third-order valence-corrected chi connectivity index (χ3v) is 4.45. The SMILES string of the molecule is COCC1CCN(c2ccc([C@H](C)O)cc2Br)CC1. The molecule has 0 unspecified atom stereocenters. The summed E-state index contributed by atoms with van der Waals surface area (Å²) in [5.41, 5.74) is 2.17. The van der Waals surface area contributed by atoms with Crippen molar-refractivity contribution in [3.63, 3.8) is 0 Å². The monoisotopic (exact) mass is 327 g/mol. The smallest absolute Gasteiger partial charge is 0.0762 e. The van der Waals surface area contributed by atoms with Crippen LogP contribution in [0.25, 0.3) is 0 Å². The van der Waals surface area contributed by atoms with Gasteiger partial charge in [-0.3, -0.25) is 0 Å². The largest absolute Gasteiger partial charge is 0.389 e. The summed E-state index contributed by atoms with van der Waals surface area (Å²) in [5.74, 6) is 0.691. The molecule has 0 aromatic heterocycles. The molecule has 1 atom stereocenters. The number of hydrogen-bond donors (Lipinski definition) is 1. The predicted octanol–water partition coefficient (Wildman–Crippen LogP) is 3.37. The van der Waals surface area contributed by atoms with E-state index in [4.69, 9.17) is 4.74 Å². The average molecular weight is 328 g/mol. The molecule has 106 valence electrons. The number of ether oxygens (including phenoxy) is 1. The summed E-state index contributed by atoms with van der Waals surface area (Å²) in [5, 5.41) is 9.59. The summed E-state index contributed by atoms with van der Waals surface area (Å²) in [6.07, 6.45) is 1.94. The summed E-state index contributed by atoms with van der Waals surface area (Å²) in [7, 11) is 1.78. The van der Waals surface area contributed by atoms with Gasteiger partial charge in [-0.15, -0.1) is 0 Å². The number of benzene rings is 1. The van der Waals surface area contributed by atoms with Gasteiger partial charge in [0.2, 0.25) is 0 Å². The highest BCUT2D eigenvalue weighted by atomic mass is 79.9. The fourth-order valence-electron chi connectivity index (χ4n) is 2.62. The Bertz CT molecular complexity index is 415. The van der Waals surface area contributed by atoms with Gasteiger partial charge in [-0.2, -0.15) is 0 Å². The number of piperidine rings is 1. The van der Waals surface area contributed by atoms with Crippen LogP contribution < -0.4 is 4.90 Å². The molecule has 1 aromatic rings. The quantitative estimate of drug-likeness (QED) is 0.920. The summed E-state index contributed by atoms with van der Waals surface area (Å²) < 4.78 is 6.30. The molecule has 1 saturated heterocycles. The van der Waals surface area contributed by atoms with Crippen molar-refractivity contribution in [1.29, 1.82) is 0 Å². The van der Waals surface area contributed by atoms with Gasteiger partial charge in [0.25, 0.3) is 0 Å². The Morgan fingerprint density at radius 3 is 2.63 bits per heavy atom. The average Bonchev–Trinajstić information content (AvgIpc) is 2.40. The van der Waals surface area contributed by atoms with Gasteiger partial charge in [0.05, 0.1) is 11.8 Å². The molecule has 0 saturated carbocycles. The van der Waals surface area contributed by atoms with Crippen LogP contribution in [0, 0.1) is 5.92 Å². The van der Waals surface area contributed by atoms with Crippen molar-refractivity contribution in [3.8, 4) is 0 Å². The van der Waals surface area contributed by atoms with Crippen LogP contribution in [0.2, 0.25) is 0 Å². The van der Waals surface area contributed by atoms with Crippen LogP contribution >= 0.6 is 15.9 Å². The molecule has 1 heterocycles. The zero-order valence-corrected chi connectivity index (χ0v) is 13.2. The van der Waals surface area contributed by atoms with Crippen LogP contribution in [0.5, 0.6) is 0 Å². The van der Waals surface area contributed by atoms with E-state index in [1.165, 1.54) is 18.5 Å². The van der Waals surface area contributed by atoms with E-state index in [1.807, 2.05) is 12.1 Å². The molecule has 2 rings (SSSR count). The Kier molecular flexibility index (Phi) is 5.25. The number of halogens is 1. The third-order valence-electron chi connectivity index (χ3n) is 3.81. The fraction of sp³-hybridized carbons (Fsp3) is 0.600. The van der Waals surface area contributed by atoms with Crippen molar-refractivity contribution in [3.05, 3.63) is 28.2 Å². The molecule has 1 aromatic carbocycles. The first-order valence-corrected chi connectivity index (χ1v) is 7.62. The molecule has 3 nitrogen and oxygen atoms in total. The van der Waals surface area contributed by atoms with Gasteiger partial charge in [-0.05, 0) is 59.3 Å². The lowest BCUT2D eigenvalue weighted by molar-refractivity contribution is 0.139. The van der Waals surface area contributed by atoms with Crippen LogP contribution in [-0.2, 0) is 4.74 Å². The van der Waals surface area contributed by atoms with E-state index in [9.17, 15) is 5.11 Å². The first-order chi connectivity index (χ1) is 9.11. The number of aliphatic hydroxyl groups excluding tert-OH is 1. The highest BCUT2D eigenvalue weighted by Gasteiger charge is 2.20. The van der Waals surface area contributed by atoms with Crippen LogP contribution in [0.4, 0.5) is 5.69 Å². The van der Waals surface area contributed by atoms with Gasteiger partial charge in [0.15, 0.2) is 0 Å². The summed E-state index contributed by atoms with van der Waals surface area (Å²) in [4.78, 5) is 2.40. The van der Waals surface area contributed by atoms with Gasteiger partial charge < -0.3 is 14.7 Å². The predicted molar refractivity (Wildman–Crippen MR) is 81.6 cm³/mol. The number of anilines is 1. The molecule has 4 heteroatoms. The van der Waals surface area contributed by atoms with E-state index in [-0.39, 0.29) is 0 Å². The maximum Gasteiger partial charge on any atom is 0.0762 e. The first kappa shape index (κ1) is 14.8. The zero-order chi connectivity index (χ0) is 13.8. The van der Waals surface area contributed by atoms with Crippen molar-refractivity contribution in [2.24, 2.45) is 5.92 Å². The van der Waals surface area contributed by atoms with Crippen LogP contribution in [0.3, 0.4) is 0 Å². The van der Waals surface area contributed by atoms with Crippen LogP contribution in [0.15, 0.2) is 22.7 Å². The standard InChI is InChI=1S/C15H22BrNO2/c1-11(18)13-3-4-15(14(16)9-13)17-7-5-12(6-8-17)10-19-2/h3-4,9,11-12,18H,5-8,10H2,1-2H3/t11-/m0/s1. The number of methoxy groups -OCH3 is 1. The lowest BCUT2D eigenvalue weighted by atomic mass is 9.97. The van der Waals surface area contributed by atoms with Crippen molar-refractivity contribution < 1.29 is 9.84 Å². The fourth-order valence-corrected chi connectivity index (χ4v) is 3.26. The molecule has 1 N–H and O–H groups in total. The molecule has 0 radical (unpaired) electrons. The van der Waals surface area contributed by atoms with Crippen LogP contribution in [0.1, 0.15) is 31.4 Å². The van der Waals surface area contributed by atoms with E-state index in [0.29, 0.717) is 5.92 Å². The highest BCUT2D eigenvalue weighted by molar-refractivity contribution is 9.10. The highest BCUT2D eigenvalue weighted by Crippen LogP contribution is 2.32. The molecular weight excluding hydrogens is 306 g/mol. The summed E-state index contributed by atoms with van der Waals surface area (Å²) in [6, 6.07) is 6.12. The maximum absolute atomic E-state index is 9.59. The zero-order valence-electron chi connectivity index (χ0n) is 11.6. The van der Waals surface area contributed by atoms with E-state index >= 15 is 0 Å².